The van der Waals surface area contributed by atoms with Crippen LogP contribution in [0.1, 0.15) is 64.3 Å². The molecule has 1 atom stereocenters. The van der Waals surface area contributed by atoms with Crippen LogP contribution in [-0.2, 0) is 19.4 Å². The number of nitrogens with zero attached hydrogens (tertiary/aromatic N) is 2. The van der Waals surface area contributed by atoms with Crippen molar-refractivity contribution in [2.45, 2.75) is 78.4 Å². The summed E-state index contributed by atoms with van der Waals surface area (Å²) >= 11 is 6.45. The number of aromatic nitrogens is 2. The maximum Gasteiger partial charge on any atom is 0.0850 e. The second-order valence-corrected chi connectivity index (χ2v) is 6.40. The molecular weight excluding hydrogens is 272 g/mol. The molecule has 0 radical (unpaired) electrons. The Labute approximate surface area is 127 Å². The predicted octanol–water partition coefficient (Wildman–Crippen LogP) is 3.99. The zero-order chi connectivity index (χ0) is 14.8. The quantitative estimate of drug-likeness (QED) is 0.862. The zero-order valence-electron chi connectivity index (χ0n) is 13.0. The molecule has 1 saturated carbocycles. The van der Waals surface area contributed by atoms with Gasteiger partial charge in [0.25, 0.3) is 0 Å². The number of hydrogen-bond acceptors (Lipinski definition) is 2. The third kappa shape index (κ3) is 2.75. The first-order chi connectivity index (χ1) is 9.57. The second kappa shape index (κ2) is 6.48. The number of aliphatic hydroxyl groups is 1. The molecule has 1 heterocycles. The molecule has 114 valence electrons. The van der Waals surface area contributed by atoms with E-state index in [9.17, 15) is 5.11 Å². The van der Waals surface area contributed by atoms with Crippen molar-refractivity contribution in [2.75, 3.05) is 0 Å². The number of halogens is 1. The molecule has 1 unspecified atom stereocenters. The summed E-state index contributed by atoms with van der Waals surface area (Å²) in [6.07, 6.45) is 6.98. The molecule has 20 heavy (non-hydrogen) atoms. The number of hydrogen-bond donors (Lipinski definition) is 1. The van der Waals surface area contributed by atoms with Gasteiger partial charge in [-0.25, -0.2) is 0 Å². The molecule has 3 nitrogen and oxygen atoms in total. The summed E-state index contributed by atoms with van der Waals surface area (Å²) < 4.78 is 1.96. The third-order valence-corrected chi connectivity index (χ3v) is 5.53. The first kappa shape index (κ1) is 15.8. The van der Waals surface area contributed by atoms with Gasteiger partial charge in [-0.15, -0.1) is 0 Å². The molecule has 0 bridgehead atoms. The molecule has 1 fully saturated rings. The van der Waals surface area contributed by atoms with Gasteiger partial charge in [0, 0.05) is 13.0 Å². The second-order valence-electron chi connectivity index (χ2n) is 6.02. The van der Waals surface area contributed by atoms with E-state index in [4.69, 9.17) is 11.6 Å². The van der Waals surface area contributed by atoms with Crippen molar-refractivity contribution >= 4 is 11.6 Å². The number of aryl methyl sites for hydroxylation is 2. The Bertz CT molecular complexity index is 450. The highest BCUT2D eigenvalue weighted by Gasteiger charge is 2.39. The molecule has 4 heteroatoms. The van der Waals surface area contributed by atoms with E-state index in [0.717, 1.165) is 48.6 Å². The topological polar surface area (TPSA) is 38.0 Å². The summed E-state index contributed by atoms with van der Waals surface area (Å²) in [6.45, 7) is 7.15. The highest BCUT2D eigenvalue weighted by molar-refractivity contribution is 6.31. The van der Waals surface area contributed by atoms with Crippen LogP contribution in [0.2, 0.25) is 5.02 Å². The van der Waals surface area contributed by atoms with Gasteiger partial charge in [-0.2, -0.15) is 5.10 Å². The van der Waals surface area contributed by atoms with Crippen LogP contribution in [0.4, 0.5) is 0 Å². The highest BCUT2D eigenvalue weighted by atomic mass is 35.5. The standard InChI is InChI=1S/C16H27ClN2O/c1-4-12-15(17)13(19(6-3)18-12)11-14(20)16(5-2)9-7-8-10-16/h14,20H,4-11H2,1-3H3. The summed E-state index contributed by atoms with van der Waals surface area (Å²) in [5, 5.41) is 16.1. The molecule has 1 aliphatic carbocycles. The zero-order valence-corrected chi connectivity index (χ0v) is 13.7. The van der Waals surface area contributed by atoms with Crippen molar-refractivity contribution in [2.24, 2.45) is 5.41 Å². The molecule has 0 aliphatic heterocycles. The fourth-order valence-electron chi connectivity index (χ4n) is 3.61. The van der Waals surface area contributed by atoms with Gasteiger partial charge in [-0.05, 0) is 38.0 Å². The Balaban J connectivity index is 2.22. The maximum absolute atomic E-state index is 10.8. The normalized spacial score (nSPS) is 19.4. The van der Waals surface area contributed by atoms with Gasteiger partial charge in [0.2, 0.25) is 0 Å². The predicted molar refractivity (Wildman–Crippen MR) is 83.2 cm³/mol. The lowest BCUT2D eigenvalue weighted by Crippen LogP contribution is -2.34. The van der Waals surface area contributed by atoms with Gasteiger partial charge in [-0.1, -0.05) is 38.3 Å². The minimum atomic E-state index is -0.306. The Kier molecular flexibility index (Phi) is 5.14. The Morgan fingerprint density at radius 2 is 1.95 bits per heavy atom. The Morgan fingerprint density at radius 3 is 2.45 bits per heavy atom. The van der Waals surface area contributed by atoms with Gasteiger partial charge in [-0.3, -0.25) is 4.68 Å². The van der Waals surface area contributed by atoms with E-state index in [1.54, 1.807) is 0 Å². The first-order valence-electron chi connectivity index (χ1n) is 8.00. The average Bonchev–Trinajstić information content (AvgIpc) is 3.06. The van der Waals surface area contributed by atoms with Crippen LogP contribution in [0.5, 0.6) is 0 Å². The highest BCUT2D eigenvalue weighted by Crippen LogP contribution is 2.45. The molecule has 0 amide bonds. The van der Waals surface area contributed by atoms with Crippen LogP contribution in [0.25, 0.3) is 0 Å². The molecular formula is C16H27ClN2O. The smallest absolute Gasteiger partial charge is 0.0850 e. The third-order valence-electron chi connectivity index (χ3n) is 5.09. The SMILES string of the molecule is CCc1nn(CC)c(CC(O)C2(CC)CCCC2)c1Cl. The fourth-order valence-corrected chi connectivity index (χ4v) is 3.96. The summed E-state index contributed by atoms with van der Waals surface area (Å²) in [5.74, 6) is 0. The number of rotatable bonds is 6. The van der Waals surface area contributed by atoms with E-state index in [0.29, 0.717) is 6.42 Å². The van der Waals surface area contributed by atoms with Crippen molar-refractivity contribution < 1.29 is 5.11 Å². The van der Waals surface area contributed by atoms with E-state index in [-0.39, 0.29) is 11.5 Å². The molecule has 2 rings (SSSR count). The van der Waals surface area contributed by atoms with Gasteiger partial charge in [0.15, 0.2) is 0 Å². The largest absolute Gasteiger partial charge is 0.392 e. The summed E-state index contributed by atoms with van der Waals surface area (Å²) in [4.78, 5) is 0. The molecule has 0 aromatic carbocycles. The first-order valence-corrected chi connectivity index (χ1v) is 8.37. The van der Waals surface area contributed by atoms with Gasteiger partial charge in [0.1, 0.15) is 0 Å². The molecule has 1 aromatic heterocycles. The maximum atomic E-state index is 10.8. The Hall–Kier alpha value is -0.540. The van der Waals surface area contributed by atoms with E-state index in [2.05, 4.69) is 25.9 Å². The monoisotopic (exact) mass is 298 g/mol. The van der Waals surface area contributed by atoms with Crippen molar-refractivity contribution in [3.63, 3.8) is 0 Å². The van der Waals surface area contributed by atoms with Crippen LogP contribution < -0.4 is 0 Å². The summed E-state index contributed by atoms with van der Waals surface area (Å²) in [6, 6.07) is 0. The van der Waals surface area contributed by atoms with E-state index < -0.39 is 0 Å². The van der Waals surface area contributed by atoms with Crippen molar-refractivity contribution in [1.82, 2.24) is 9.78 Å². The fraction of sp³-hybridized carbons (Fsp3) is 0.812. The molecule has 1 aromatic rings. The molecule has 0 saturated heterocycles. The minimum absolute atomic E-state index is 0.0958. The van der Waals surface area contributed by atoms with Gasteiger partial charge in [0.05, 0.1) is 22.5 Å². The lowest BCUT2D eigenvalue weighted by atomic mass is 9.76. The van der Waals surface area contributed by atoms with Crippen LogP contribution in [0, 0.1) is 5.41 Å². The van der Waals surface area contributed by atoms with Crippen LogP contribution in [-0.4, -0.2) is 21.0 Å². The minimum Gasteiger partial charge on any atom is -0.392 e. The van der Waals surface area contributed by atoms with E-state index in [1.165, 1.54) is 12.8 Å². The number of aliphatic hydroxyl groups excluding tert-OH is 1. The van der Waals surface area contributed by atoms with Crippen molar-refractivity contribution in [3.05, 3.63) is 16.4 Å². The van der Waals surface area contributed by atoms with Crippen molar-refractivity contribution in [1.29, 1.82) is 0 Å². The van der Waals surface area contributed by atoms with Crippen LogP contribution in [0.15, 0.2) is 0 Å². The van der Waals surface area contributed by atoms with Crippen LogP contribution in [0.3, 0.4) is 0 Å². The lowest BCUT2D eigenvalue weighted by molar-refractivity contribution is 0.0243. The summed E-state index contributed by atoms with van der Waals surface area (Å²) in [7, 11) is 0. The molecule has 0 spiro atoms. The van der Waals surface area contributed by atoms with E-state index >= 15 is 0 Å². The Morgan fingerprint density at radius 1 is 1.30 bits per heavy atom. The molecule has 1 aliphatic rings. The molecule has 1 N–H and O–H groups in total. The summed E-state index contributed by atoms with van der Waals surface area (Å²) in [5.41, 5.74) is 2.06. The van der Waals surface area contributed by atoms with E-state index in [1.807, 2.05) is 4.68 Å². The van der Waals surface area contributed by atoms with Gasteiger partial charge < -0.3 is 5.11 Å². The van der Waals surface area contributed by atoms with Crippen LogP contribution >= 0.6 is 11.6 Å². The van der Waals surface area contributed by atoms with Crippen molar-refractivity contribution in [3.8, 4) is 0 Å². The lowest BCUT2D eigenvalue weighted by Gasteiger charge is -2.33. The van der Waals surface area contributed by atoms with Gasteiger partial charge >= 0.3 is 0 Å². The average molecular weight is 299 g/mol.